The molecule has 0 spiro atoms. The van der Waals surface area contributed by atoms with Gasteiger partial charge in [0.2, 0.25) is 0 Å². The molecule has 0 saturated heterocycles. The minimum Gasteiger partial charge on any atom is -0.378 e. The third-order valence-corrected chi connectivity index (χ3v) is 4.08. The minimum atomic E-state index is -0.639. The molecule has 2 rings (SSSR count). The monoisotopic (exact) mass is 339 g/mol. The van der Waals surface area contributed by atoms with Crippen molar-refractivity contribution in [3.05, 3.63) is 59.2 Å². The summed E-state index contributed by atoms with van der Waals surface area (Å²) in [5.74, 6) is -1.26. The third-order valence-electron chi connectivity index (χ3n) is 4.08. The second kappa shape index (κ2) is 8.33. The van der Waals surface area contributed by atoms with Crippen LogP contribution in [0.25, 0.3) is 0 Å². The summed E-state index contributed by atoms with van der Waals surface area (Å²) in [4.78, 5) is 26.1. The molecule has 0 aliphatic rings. The molecular weight excluding hydrogens is 314 g/mol. The van der Waals surface area contributed by atoms with Crippen LogP contribution < -0.4 is 15.5 Å². The van der Waals surface area contributed by atoms with Crippen LogP contribution in [0.4, 0.5) is 11.4 Å². The van der Waals surface area contributed by atoms with Gasteiger partial charge in [-0.2, -0.15) is 0 Å². The van der Waals surface area contributed by atoms with Crippen LogP contribution in [0, 0.1) is 13.8 Å². The van der Waals surface area contributed by atoms with E-state index in [9.17, 15) is 9.59 Å². The standard InChI is InChI=1S/C20H25N3O2/c1-14-6-5-7-15(2)18(14)22-20(25)19(24)21-13-12-16-8-10-17(11-9-16)23(3)4/h5-11H,12-13H2,1-4H3,(H,21,24)(H,22,25). The quantitative estimate of drug-likeness (QED) is 0.823. The van der Waals surface area contributed by atoms with Gasteiger partial charge in [0, 0.05) is 32.0 Å². The van der Waals surface area contributed by atoms with Gasteiger partial charge in [0.1, 0.15) is 0 Å². The van der Waals surface area contributed by atoms with Gasteiger partial charge in [0.05, 0.1) is 0 Å². The van der Waals surface area contributed by atoms with Crippen molar-refractivity contribution in [3.8, 4) is 0 Å². The Kier molecular flexibility index (Phi) is 6.17. The molecule has 0 aliphatic heterocycles. The number of benzene rings is 2. The molecule has 0 atom stereocenters. The van der Waals surface area contributed by atoms with Crippen LogP contribution >= 0.6 is 0 Å². The van der Waals surface area contributed by atoms with Crippen molar-refractivity contribution in [2.75, 3.05) is 30.9 Å². The zero-order valence-corrected chi connectivity index (χ0v) is 15.2. The van der Waals surface area contributed by atoms with E-state index in [0.29, 0.717) is 18.7 Å². The van der Waals surface area contributed by atoms with Gasteiger partial charge in [-0.3, -0.25) is 9.59 Å². The van der Waals surface area contributed by atoms with Crippen molar-refractivity contribution in [3.63, 3.8) is 0 Å². The van der Waals surface area contributed by atoms with Crippen LogP contribution in [0.3, 0.4) is 0 Å². The molecule has 0 heterocycles. The van der Waals surface area contributed by atoms with E-state index < -0.39 is 11.8 Å². The minimum absolute atomic E-state index is 0.417. The fourth-order valence-corrected chi connectivity index (χ4v) is 2.54. The van der Waals surface area contributed by atoms with Gasteiger partial charge < -0.3 is 15.5 Å². The highest BCUT2D eigenvalue weighted by Gasteiger charge is 2.15. The Morgan fingerprint density at radius 1 is 0.920 bits per heavy atom. The van der Waals surface area contributed by atoms with E-state index in [1.807, 2.05) is 75.3 Å². The molecule has 2 amide bonds. The van der Waals surface area contributed by atoms with Crippen LogP contribution in [0.5, 0.6) is 0 Å². The summed E-state index contributed by atoms with van der Waals surface area (Å²) < 4.78 is 0. The molecule has 5 nitrogen and oxygen atoms in total. The lowest BCUT2D eigenvalue weighted by molar-refractivity contribution is -0.136. The normalized spacial score (nSPS) is 10.2. The highest BCUT2D eigenvalue weighted by atomic mass is 16.2. The first-order chi connectivity index (χ1) is 11.9. The third kappa shape index (κ3) is 5.08. The van der Waals surface area contributed by atoms with Gasteiger partial charge in [0.25, 0.3) is 0 Å². The van der Waals surface area contributed by atoms with Gasteiger partial charge >= 0.3 is 11.8 Å². The lowest BCUT2D eigenvalue weighted by Gasteiger charge is -2.13. The van der Waals surface area contributed by atoms with Crippen molar-refractivity contribution in [2.24, 2.45) is 0 Å². The highest BCUT2D eigenvalue weighted by molar-refractivity contribution is 6.39. The molecule has 25 heavy (non-hydrogen) atoms. The second-order valence-corrected chi connectivity index (χ2v) is 6.29. The highest BCUT2D eigenvalue weighted by Crippen LogP contribution is 2.19. The molecule has 0 bridgehead atoms. The average Bonchev–Trinajstić information content (AvgIpc) is 2.58. The summed E-state index contributed by atoms with van der Waals surface area (Å²) in [6.07, 6.45) is 0.677. The van der Waals surface area contributed by atoms with Crippen LogP contribution in [0.2, 0.25) is 0 Å². The summed E-state index contributed by atoms with van der Waals surface area (Å²) in [6.45, 7) is 4.22. The predicted octanol–water partition coefficient (Wildman–Crippen LogP) is 2.67. The Balaban J connectivity index is 1.84. The number of nitrogens with zero attached hydrogens (tertiary/aromatic N) is 1. The molecule has 2 N–H and O–H groups in total. The average molecular weight is 339 g/mol. The molecule has 2 aromatic carbocycles. The molecule has 0 unspecified atom stereocenters. The lowest BCUT2D eigenvalue weighted by atomic mass is 10.1. The number of nitrogens with one attached hydrogen (secondary N) is 2. The van der Waals surface area contributed by atoms with Crippen molar-refractivity contribution in [1.29, 1.82) is 0 Å². The Bertz CT molecular complexity index is 732. The van der Waals surface area contributed by atoms with Crippen molar-refractivity contribution in [2.45, 2.75) is 20.3 Å². The maximum atomic E-state index is 12.1. The fraction of sp³-hybridized carbons (Fsp3) is 0.300. The molecule has 0 aromatic heterocycles. The van der Waals surface area contributed by atoms with E-state index in [-0.39, 0.29) is 0 Å². The first-order valence-corrected chi connectivity index (χ1v) is 8.30. The van der Waals surface area contributed by atoms with Gasteiger partial charge in [0.15, 0.2) is 0 Å². The number of anilines is 2. The predicted molar refractivity (Wildman–Crippen MR) is 102 cm³/mol. The van der Waals surface area contributed by atoms with Crippen molar-refractivity contribution < 1.29 is 9.59 Å². The van der Waals surface area contributed by atoms with Gasteiger partial charge in [-0.25, -0.2) is 0 Å². The smallest absolute Gasteiger partial charge is 0.313 e. The Hall–Kier alpha value is -2.82. The van der Waals surface area contributed by atoms with Crippen LogP contribution in [-0.2, 0) is 16.0 Å². The summed E-state index contributed by atoms with van der Waals surface area (Å²) in [5, 5.41) is 5.36. The fourth-order valence-electron chi connectivity index (χ4n) is 2.54. The van der Waals surface area contributed by atoms with E-state index in [4.69, 9.17) is 0 Å². The number of carbonyl (C=O) groups is 2. The SMILES string of the molecule is Cc1cccc(C)c1NC(=O)C(=O)NCCc1ccc(N(C)C)cc1. The lowest BCUT2D eigenvalue weighted by Crippen LogP contribution is -2.36. The molecule has 132 valence electrons. The first kappa shape index (κ1) is 18.5. The van der Waals surface area contributed by atoms with Gasteiger partial charge in [-0.1, -0.05) is 30.3 Å². The molecule has 0 fully saturated rings. The largest absolute Gasteiger partial charge is 0.378 e. The maximum absolute atomic E-state index is 12.1. The van der Waals surface area contributed by atoms with Crippen LogP contribution in [0.15, 0.2) is 42.5 Å². The number of hydrogen-bond acceptors (Lipinski definition) is 3. The number of aryl methyl sites for hydroxylation is 2. The van der Waals surface area contributed by atoms with E-state index in [1.165, 1.54) is 0 Å². The zero-order valence-electron chi connectivity index (χ0n) is 15.2. The summed E-state index contributed by atoms with van der Waals surface area (Å²) in [6, 6.07) is 13.8. The van der Waals surface area contributed by atoms with Crippen molar-refractivity contribution >= 4 is 23.2 Å². The Morgan fingerprint density at radius 2 is 1.52 bits per heavy atom. The Labute approximate surface area is 149 Å². The number of hydrogen-bond donors (Lipinski definition) is 2. The van der Waals surface area contributed by atoms with Crippen LogP contribution in [0.1, 0.15) is 16.7 Å². The summed E-state index contributed by atoms with van der Waals surface area (Å²) >= 11 is 0. The second-order valence-electron chi connectivity index (χ2n) is 6.29. The van der Waals surface area contributed by atoms with E-state index in [2.05, 4.69) is 10.6 Å². The zero-order chi connectivity index (χ0) is 18.4. The number of amides is 2. The number of para-hydroxylation sites is 1. The Morgan fingerprint density at radius 3 is 2.08 bits per heavy atom. The van der Waals surface area contributed by atoms with Gasteiger partial charge in [-0.05, 0) is 49.1 Å². The molecule has 5 heteroatoms. The molecule has 2 aromatic rings. The molecule has 0 radical (unpaired) electrons. The maximum Gasteiger partial charge on any atom is 0.313 e. The molecular formula is C20H25N3O2. The topological polar surface area (TPSA) is 61.4 Å². The van der Waals surface area contributed by atoms with Gasteiger partial charge in [-0.15, -0.1) is 0 Å². The number of rotatable bonds is 5. The molecule has 0 aliphatic carbocycles. The number of carbonyl (C=O) groups excluding carboxylic acids is 2. The van der Waals surface area contributed by atoms with E-state index >= 15 is 0 Å². The van der Waals surface area contributed by atoms with Crippen molar-refractivity contribution in [1.82, 2.24) is 5.32 Å². The van der Waals surface area contributed by atoms with E-state index in [0.717, 1.165) is 22.4 Å². The van der Waals surface area contributed by atoms with Crippen LogP contribution in [-0.4, -0.2) is 32.5 Å². The summed E-state index contributed by atoms with van der Waals surface area (Å²) in [5.41, 5.74) is 4.80. The molecule has 0 saturated carbocycles. The first-order valence-electron chi connectivity index (χ1n) is 8.30. The summed E-state index contributed by atoms with van der Waals surface area (Å²) in [7, 11) is 3.98. The van der Waals surface area contributed by atoms with E-state index in [1.54, 1.807) is 0 Å².